The third kappa shape index (κ3) is 4.37. The van der Waals surface area contributed by atoms with Gasteiger partial charge in [0.1, 0.15) is 5.82 Å². The summed E-state index contributed by atoms with van der Waals surface area (Å²) in [6.45, 7) is 2.04. The Bertz CT molecular complexity index is 742. The first-order valence-corrected chi connectivity index (χ1v) is 8.45. The molecule has 0 aliphatic carbocycles. The van der Waals surface area contributed by atoms with E-state index in [1.807, 2.05) is 25.1 Å². The van der Waals surface area contributed by atoms with E-state index in [0.29, 0.717) is 11.1 Å². The number of nitrogens with two attached hydrogens (primary N) is 1. The normalized spacial score (nSPS) is 11.6. The molecule has 0 fully saturated rings. The lowest BCUT2D eigenvalue weighted by molar-refractivity contribution is 0.593. The highest BCUT2D eigenvalue weighted by molar-refractivity contribution is 7.89. The highest BCUT2D eigenvalue weighted by Crippen LogP contribution is 2.17. The lowest BCUT2D eigenvalue weighted by atomic mass is 10.1. The predicted molar refractivity (Wildman–Crippen MR) is 81.8 cm³/mol. The lowest BCUT2D eigenvalue weighted by Gasteiger charge is -2.09. The Morgan fingerprint density at radius 1 is 1.05 bits per heavy atom. The summed E-state index contributed by atoms with van der Waals surface area (Å²) < 4.78 is 37.8. The van der Waals surface area contributed by atoms with Crippen molar-refractivity contribution in [3.05, 3.63) is 70.5 Å². The van der Waals surface area contributed by atoms with Crippen LogP contribution in [-0.4, -0.2) is 8.42 Å². The van der Waals surface area contributed by atoms with E-state index >= 15 is 0 Å². The van der Waals surface area contributed by atoms with Crippen molar-refractivity contribution >= 4 is 9.84 Å². The van der Waals surface area contributed by atoms with Crippen LogP contribution in [-0.2, 0) is 27.9 Å². The van der Waals surface area contributed by atoms with Gasteiger partial charge in [-0.25, -0.2) is 12.8 Å². The molecule has 0 aliphatic rings. The summed E-state index contributed by atoms with van der Waals surface area (Å²) >= 11 is 0. The van der Waals surface area contributed by atoms with Crippen molar-refractivity contribution in [2.45, 2.75) is 25.0 Å². The van der Waals surface area contributed by atoms with Gasteiger partial charge in [-0.05, 0) is 35.7 Å². The van der Waals surface area contributed by atoms with Crippen molar-refractivity contribution in [3.8, 4) is 0 Å². The van der Waals surface area contributed by atoms with Crippen LogP contribution in [0.15, 0.2) is 42.5 Å². The van der Waals surface area contributed by atoms with E-state index in [1.54, 1.807) is 6.07 Å². The molecule has 2 rings (SSSR count). The number of hydrogen-bond donors (Lipinski definition) is 1. The first-order chi connectivity index (χ1) is 9.89. The van der Waals surface area contributed by atoms with Gasteiger partial charge < -0.3 is 5.73 Å². The molecule has 112 valence electrons. The minimum absolute atomic E-state index is 0.0317. The Morgan fingerprint density at radius 2 is 1.81 bits per heavy atom. The van der Waals surface area contributed by atoms with E-state index in [1.165, 1.54) is 18.2 Å². The van der Waals surface area contributed by atoms with E-state index in [0.717, 1.165) is 11.1 Å². The van der Waals surface area contributed by atoms with Gasteiger partial charge >= 0.3 is 0 Å². The quantitative estimate of drug-likeness (QED) is 0.924. The van der Waals surface area contributed by atoms with Crippen LogP contribution in [0.1, 0.15) is 22.3 Å². The van der Waals surface area contributed by atoms with Gasteiger partial charge in [-0.15, -0.1) is 0 Å². The lowest BCUT2D eigenvalue weighted by Crippen LogP contribution is -2.11. The van der Waals surface area contributed by atoms with Crippen LogP contribution >= 0.6 is 0 Å². The molecule has 0 aliphatic heterocycles. The van der Waals surface area contributed by atoms with Crippen LogP contribution in [0.4, 0.5) is 4.39 Å². The molecule has 2 aromatic carbocycles. The van der Waals surface area contributed by atoms with E-state index in [4.69, 9.17) is 5.73 Å². The summed E-state index contributed by atoms with van der Waals surface area (Å²) in [5.74, 6) is -0.570. The van der Waals surface area contributed by atoms with Crippen LogP contribution in [0.3, 0.4) is 0 Å². The molecule has 0 radical (unpaired) electrons. The van der Waals surface area contributed by atoms with E-state index in [2.05, 4.69) is 0 Å². The Hall–Kier alpha value is -1.72. The fraction of sp³-hybridized carbons (Fsp3) is 0.250. The Labute approximate surface area is 124 Å². The molecule has 0 heterocycles. The van der Waals surface area contributed by atoms with Gasteiger partial charge in [0, 0.05) is 6.54 Å². The molecule has 0 unspecified atom stereocenters. The molecule has 0 atom stereocenters. The van der Waals surface area contributed by atoms with Crippen molar-refractivity contribution in [1.29, 1.82) is 0 Å². The van der Waals surface area contributed by atoms with Crippen molar-refractivity contribution in [2.24, 2.45) is 5.73 Å². The Balaban J connectivity index is 2.22. The fourth-order valence-corrected chi connectivity index (χ4v) is 3.81. The van der Waals surface area contributed by atoms with Crippen molar-refractivity contribution < 1.29 is 12.8 Å². The molecule has 0 bridgehead atoms. The monoisotopic (exact) mass is 307 g/mol. The number of halogens is 1. The van der Waals surface area contributed by atoms with Gasteiger partial charge in [0.25, 0.3) is 0 Å². The second-order valence-electron chi connectivity index (χ2n) is 5.14. The number of hydrogen-bond acceptors (Lipinski definition) is 3. The van der Waals surface area contributed by atoms with Crippen LogP contribution < -0.4 is 5.73 Å². The molecule has 2 aromatic rings. The zero-order valence-corrected chi connectivity index (χ0v) is 12.7. The maximum atomic E-state index is 13.2. The molecule has 3 nitrogen and oxygen atoms in total. The van der Waals surface area contributed by atoms with Crippen molar-refractivity contribution in [1.82, 2.24) is 0 Å². The minimum atomic E-state index is -3.33. The molecule has 5 heteroatoms. The summed E-state index contributed by atoms with van der Waals surface area (Å²) in [7, 11) is -3.33. The summed E-state index contributed by atoms with van der Waals surface area (Å²) in [4.78, 5) is 0. The first kappa shape index (κ1) is 15.7. The van der Waals surface area contributed by atoms with Crippen LogP contribution in [0.5, 0.6) is 0 Å². The number of aryl methyl sites for hydroxylation is 1. The molecule has 0 amide bonds. The molecule has 2 N–H and O–H groups in total. The maximum Gasteiger partial charge on any atom is 0.158 e. The Kier molecular flexibility index (Phi) is 4.75. The molecule has 0 saturated carbocycles. The molecule has 0 spiro atoms. The summed E-state index contributed by atoms with van der Waals surface area (Å²) in [6.07, 6.45) is 0. The topological polar surface area (TPSA) is 60.2 Å². The standard InChI is InChI=1S/C16H18FNO2S/c1-12-3-2-4-13(7-12)10-21(19,20)11-14-5-6-16(17)8-15(14)9-18/h2-8H,9-11,18H2,1H3. The second-order valence-corrected chi connectivity index (χ2v) is 7.20. The molecule has 0 saturated heterocycles. The number of benzene rings is 2. The van der Waals surface area contributed by atoms with Crippen LogP contribution in [0.25, 0.3) is 0 Å². The zero-order valence-electron chi connectivity index (χ0n) is 11.8. The fourth-order valence-electron chi connectivity index (χ4n) is 2.27. The average molecular weight is 307 g/mol. The SMILES string of the molecule is Cc1cccc(CS(=O)(=O)Cc2ccc(F)cc2CN)c1. The van der Waals surface area contributed by atoms with E-state index < -0.39 is 15.7 Å². The average Bonchev–Trinajstić information content (AvgIpc) is 2.40. The summed E-state index contributed by atoms with van der Waals surface area (Å²) in [5.41, 5.74) is 8.42. The highest BCUT2D eigenvalue weighted by Gasteiger charge is 2.15. The Morgan fingerprint density at radius 3 is 2.48 bits per heavy atom. The smallest absolute Gasteiger partial charge is 0.158 e. The third-order valence-electron chi connectivity index (χ3n) is 3.23. The van der Waals surface area contributed by atoms with Gasteiger partial charge in [-0.1, -0.05) is 35.9 Å². The molecule has 0 aromatic heterocycles. The van der Waals surface area contributed by atoms with Crippen LogP contribution in [0, 0.1) is 12.7 Å². The largest absolute Gasteiger partial charge is 0.326 e. The van der Waals surface area contributed by atoms with Crippen molar-refractivity contribution in [2.75, 3.05) is 0 Å². The highest BCUT2D eigenvalue weighted by atomic mass is 32.2. The van der Waals surface area contributed by atoms with E-state index in [-0.39, 0.29) is 18.1 Å². The molecule has 21 heavy (non-hydrogen) atoms. The first-order valence-electron chi connectivity index (χ1n) is 6.63. The minimum Gasteiger partial charge on any atom is -0.326 e. The number of sulfone groups is 1. The van der Waals surface area contributed by atoms with Gasteiger partial charge in [0.15, 0.2) is 9.84 Å². The van der Waals surface area contributed by atoms with Gasteiger partial charge in [-0.3, -0.25) is 0 Å². The van der Waals surface area contributed by atoms with E-state index in [9.17, 15) is 12.8 Å². The van der Waals surface area contributed by atoms with Crippen LogP contribution in [0.2, 0.25) is 0 Å². The zero-order chi connectivity index (χ0) is 15.5. The maximum absolute atomic E-state index is 13.2. The predicted octanol–water partition coefficient (Wildman–Crippen LogP) is 2.71. The second kappa shape index (κ2) is 6.37. The van der Waals surface area contributed by atoms with Gasteiger partial charge in [-0.2, -0.15) is 0 Å². The van der Waals surface area contributed by atoms with Gasteiger partial charge in [0.2, 0.25) is 0 Å². The van der Waals surface area contributed by atoms with Crippen molar-refractivity contribution in [3.63, 3.8) is 0 Å². The summed E-state index contributed by atoms with van der Waals surface area (Å²) in [6, 6.07) is 11.4. The summed E-state index contributed by atoms with van der Waals surface area (Å²) in [5, 5.41) is 0. The molecular weight excluding hydrogens is 289 g/mol. The van der Waals surface area contributed by atoms with Gasteiger partial charge in [0.05, 0.1) is 11.5 Å². The molecular formula is C16H18FNO2S. The third-order valence-corrected chi connectivity index (χ3v) is 4.76. The number of rotatable bonds is 5.